The highest BCUT2D eigenvalue weighted by Crippen LogP contribution is 2.37. The summed E-state index contributed by atoms with van der Waals surface area (Å²) in [4.78, 5) is 0. The number of fused-ring (bicyclic) bond motifs is 1. The molecule has 0 aliphatic heterocycles. The number of rotatable bonds is 3. The van der Waals surface area contributed by atoms with Gasteiger partial charge in [0.25, 0.3) is 0 Å². The molecule has 0 fully saturated rings. The quantitative estimate of drug-likeness (QED) is 0.704. The van der Waals surface area contributed by atoms with Crippen molar-refractivity contribution in [2.45, 2.75) is 19.6 Å². The molecule has 0 unspecified atom stereocenters. The molecule has 0 heterocycles. The van der Waals surface area contributed by atoms with Crippen molar-refractivity contribution in [1.82, 2.24) is 0 Å². The fourth-order valence-electron chi connectivity index (χ4n) is 3.05. The number of hydrogen-bond acceptors (Lipinski definition) is 2. The summed E-state index contributed by atoms with van der Waals surface area (Å²) in [6, 6.07) is 18.3. The summed E-state index contributed by atoms with van der Waals surface area (Å²) in [6.45, 7) is 6.96. The molecule has 2 nitrogen and oxygen atoms in total. The Morgan fingerprint density at radius 1 is 0.870 bits per heavy atom. The van der Waals surface area contributed by atoms with Gasteiger partial charge in [-0.1, -0.05) is 61.2 Å². The number of ether oxygens (including phenoxy) is 1. The van der Waals surface area contributed by atoms with Crippen LogP contribution in [-0.2, 0) is 0 Å². The van der Waals surface area contributed by atoms with Gasteiger partial charge in [0.15, 0.2) is 0 Å². The molecule has 3 aromatic rings. The first-order valence-electron chi connectivity index (χ1n) is 7.81. The highest BCUT2D eigenvalue weighted by Gasteiger charge is 2.22. The minimum Gasteiger partial charge on any atom is -0.507 e. The summed E-state index contributed by atoms with van der Waals surface area (Å²) in [6.07, 6.45) is 0. The van der Waals surface area contributed by atoms with E-state index in [1.807, 2.05) is 30.3 Å². The number of phenols is 1. The molecule has 23 heavy (non-hydrogen) atoms. The molecule has 3 aromatic carbocycles. The zero-order chi connectivity index (χ0) is 16.6. The topological polar surface area (TPSA) is 29.5 Å². The number of aromatic hydroxyl groups is 1. The van der Waals surface area contributed by atoms with Crippen molar-refractivity contribution in [2.75, 3.05) is 7.11 Å². The molecule has 0 saturated heterocycles. The Balaban J connectivity index is 2.38. The Kier molecular flexibility index (Phi) is 3.90. The van der Waals surface area contributed by atoms with E-state index in [9.17, 15) is 5.11 Å². The van der Waals surface area contributed by atoms with Crippen LogP contribution in [-0.4, -0.2) is 20.3 Å². The van der Waals surface area contributed by atoms with Crippen molar-refractivity contribution in [3.05, 3.63) is 54.6 Å². The highest BCUT2D eigenvalue weighted by atomic mass is 28.3. The van der Waals surface area contributed by atoms with Gasteiger partial charge >= 0.3 is 0 Å². The van der Waals surface area contributed by atoms with Gasteiger partial charge in [-0.3, -0.25) is 0 Å². The van der Waals surface area contributed by atoms with Crippen molar-refractivity contribution in [2.24, 2.45) is 0 Å². The Hall–Kier alpha value is -2.26. The number of methoxy groups -OCH3 is 1. The van der Waals surface area contributed by atoms with Crippen molar-refractivity contribution < 1.29 is 9.84 Å². The van der Waals surface area contributed by atoms with Crippen molar-refractivity contribution >= 4 is 24.0 Å². The van der Waals surface area contributed by atoms with Gasteiger partial charge in [-0.15, -0.1) is 0 Å². The molecule has 0 bridgehead atoms. The van der Waals surface area contributed by atoms with Gasteiger partial charge in [0.2, 0.25) is 0 Å². The third-order valence-corrected chi connectivity index (χ3v) is 6.24. The smallest absolute Gasteiger partial charge is 0.130 e. The van der Waals surface area contributed by atoms with E-state index in [0.717, 1.165) is 27.6 Å². The maximum Gasteiger partial charge on any atom is 0.130 e. The van der Waals surface area contributed by atoms with Gasteiger partial charge < -0.3 is 9.84 Å². The molecule has 0 amide bonds. The molecule has 0 radical (unpaired) electrons. The summed E-state index contributed by atoms with van der Waals surface area (Å²) < 4.78 is 5.48. The number of hydrogen-bond donors (Lipinski definition) is 1. The second-order valence-corrected chi connectivity index (χ2v) is 11.9. The Bertz CT molecular complexity index is 849. The zero-order valence-corrected chi connectivity index (χ0v) is 15.1. The monoisotopic (exact) mass is 322 g/mol. The van der Waals surface area contributed by atoms with Crippen LogP contribution in [0, 0.1) is 0 Å². The lowest BCUT2D eigenvalue weighted by Gasteiger charge is -2.21. The van der Waals surface area contributed by atoms with Crippen LogP contribution < -0.4 is 9.92 Å². The van der Waals surface area contributed by atoms with E-state index in [2.05, 4.69) is 43.9 Å². The van der Waals surface area contributed by atoms with Gasteiger partial charge in [0.05, 0.1) is 20.6 Å². The van der Waals surface area contributed by atoms with Crippen LogP contribution in [0.2, 0.25) is 19.6 Å². The third-order valence-electron chi connectivity index (χ3n) is 4.19. The fraction of sp³-hybridized carbons (Fsp3) is 0.200. The van der Waals surface area contributed by atoms with Crippen LogP contribution >= 0.6 is 0 Å². The first-order valence-corrected chi connectivity index (χ1v) is 11.3. The highest BCUT2D eigenvalue weighted by molar-refractivity contribution is 6.90. The van der Waals surface area contributed by atoms with E-state index in [1.165, 1.54) is 5.19 Å². The normalized spacial score (nSPS) is 11.7. The van der Waals surface area contributed by atoms with E-state index in [1.54, 1.807) is 7.11 Å². The molecule has 118 valence electrons. The molecule has 0 aromatic heterocycles. The average Bonchev–Trinajstić information content (AvgIpc) is 2.53. The Labute approximate surface area is 138 Å². The van der Waals surface area contributed by atoms with Gasteiger partial charge in [-0.2, -0.15) is 0 Å². The maximum absolute atomic E-state index is 10.7. The first kappa shape index (κ1) is 15.6. The van der Waals surface area contributed by atoms with Crippen LogP contribution in [0.15, 0.2) is 54.6 Å². The van der Waals surface area contributed by atoms with E-state index in [-0.39, 0.29) is 5.75 Å². The van der Waals surface area contributed by atoms with E-state index in [4.69, 9.17) is 4.74 Å². The summed E-state index contributed by atoms with van der Waals surface area (Å²) in [7, 11) is 0.0994. The van der Waals surface area contributed by atoms with E-state index in [0.29, 0.717) is 0 Å². The molecular formula is C20H22O2Si. The maximum atomic E-state index is 10.7. The zero-order valence-electron chi connectivity index (χ0n) is 14.1. The number of phenolic OH excluding ortho intramolecular Hbond substituents is 1. The summed E-state index contributed by atoms with van der Waals surface area (Å²) in [5.74, 6) is 0.998. The largest absolute Gasteiger partial charge is 0.507 e. The van der Waals surface area contributed by atoms with Gasteiger partial charge in [-0.05, 0) is 34.7 Å². The number of benzene rings is 3. The molecular weight excluding hydrogens is 300 g/mol. The second kappa shape index (κ2) is 5.74. The minimum absolute atomic E-state index is 0.276. The second-order valence-electron chi connectivity index (χ2n) is 6.85. The Morgan fingerprint density at radius 3 is 2.17 bits per heavy atom. The van der Waals surface area contributed by atoms with Crippen LogP contribution in [0.3, 0.4) is 0 Å². The lowest BCUT2D eigenvalue weighted by molar-refractivity contribution is 0.416. The van der Waals surface area contributed by atoms with E-state index < -0.39 is 8.07 Å². The lowest BCUT2D eigenvalue weighted by atomic mass is 10.00. The molecule has 3 heteroatoms. The first-order chi connectivity index (χ1) is 10.9. The van der Waals surface area contributed by atoms with Crippen LogP contribution in [0.25, 0.3) is 21.9 Å². The summed E-state index contributed by atoms with van der Waals surface area (Å²) >= 11 is 0. The standard InChI is InChI=1S/C20H22O2Si/c1-22-18-10-11-19(23(2,3)4)16-12-15(13-17(21)20(16)18)14-8-6-5-7-9-14/h5-13,21H,1-4H3. The van der Waals surface area contributed by atoms with Gasteiger partial charge in [-0.25, -0.2) is 0 Å². The summed E-state index contributed by atoms with van der Waals surface area (Å²) in [5.41, 5.74) is 2.14. The van der Waals surface area contributed by atoms with Gasteiger partial charge in [0, 0.05) is 0 Å². The molecule has 0 spiro atoms. The molecule has 1 N–H and O–H groups in total. The van der Waals surface area contributed by atoms with Crippen molar-refractivity contribution in [3.8, 4) is 22.6 Å². The van der Waals surface area contributed by atoms with Crippen LogP contribution in [0.1, 0.15) is 0 Å². The SMILES string of the molecule is COc1ccc([Si](C)(C)C)c2cc(-c3ccccc3)cc(O)c12. The predicted molar refractivity (Wildman–Crippen MR) is 101 cm³/mol. The third kappa shape index (κ3) is 2.84. The summed E-state index contributed by atoms with van der Waals surface area (Å²) in [5, 5.41) is 13.9. The fourth-order valence-corrected chi connectivity index (χ4v) is 4.64. The lowest BCUT2D eigenvalue weighted by Crippen LogP contribution is -2.38. The minimum atomic E-state index is -1.55. The Morgan fingerprint density at radius 2 is 1.57 bits per heavy atom. The molecule has 3 rings (SSSR count). The molecule has 0 aliphatic carbocycles. The molecule has 0 saturated carbocycles. The van der Waals surface area contributed by atoms with Crippen LogP contribution in [0.4, 0.5) is 0 Å². The van der Waals surface area contributed by atoms with Crippen molar-refractivity contribution in [1.29, 1.82) is 0 Å². The molecule has 0 aliphatic rings. The van der Waals surface area contributed by atoms with E-state index >= 15 is 0 Å². The predicted octanol–water partition coefficient (Wildman–Crippen LogP) is 4.77. The molecule has 0 atom stereocenters. The van der Waals surface area contributed by atoms with Crippen molar-refractivity contribution in [3.63, 3.8) is 0 Å². The average molecular weight is 322 g/mol. The van der Waals surface area contributed by atoms with Crippen LogP contribution in [0.5, 0.6) is 11.5 Å². The van der Waals surface area contributed by atoms with Gasteiger partial charge in [0.1, 0.15) is 11.5 Å².